The van der Waals surface area contributed by atoms with Crippen LogP contribution in [0.1, 0.15) is 15.9 Å². The number of hydrogen-bond donors (Lipinski definition) is 3. The Labute approximate surface area is 173 Å². The minimum absolute atomic E-state index is 0.0609. The molecule has 0 spiro atoms. The molecule has 0 saturated carbocycles. The van der Waals surface area contributed by atoms with E-state index in [9.17, 15) is 24.9 Å². The van der Waals surface area contributed by atoms with Crippen LogP contribution in [0.25, 0.3) is 0 Å². The number of phenols is 3. The lowest BCUT2D eigenvalue weighted by molar-refractivity contribution is -0.131. The maximum atomic E-state index is 12.7. The van der Waals surface area contributed by atoms with Crippen molar-refractivity contribution >= 4 is 11.8 Å². The number of rotatable bonds is 5. The predicted octanol–water partition coefficient (Wildman–Crippen LogP) is 1.35. The number of methoxy groups -OCH3 is 2. The van der Waals surface area contributed by atoms with Gasteiger partial charge in [-0.1, -0.05) is 6.07 Å². The van der Waals surface area contributed by atoms with Gasteiger partial charge in [-0.15, -0.1) is 0 Å². The molecule has 1 heterocycles. The highest BCUT2D eigenvalue weighted by molar-refractivity contribution is 5.95. The number of piperazine rings is 1. The van der Waals surface area contributed by atoms with Gasteiger partial charge in [-0.2, -0.15) is 0 Å². The highest BCUT2D eigenvalue weighted by Gasteiger charge is 2.26. The molecule has 2 aromatic carbocycles. The summed E-state index contributed by atoms with van der Waals surface area (Å²) in [6, 6.07) is 7.53. The molecule has 0 aliphatic carbocycles. The van der Waals surface area contributed by atoms with Gasteiger partial charge in [0.15, 0.2) is 28.7 Å². The number of phenolic OH excluding ortho intramolecular Hbond substituents is 3. The average Bonchev–Trinajstić information content (AvgIpc) is 2.76. The monoisotopic (exact) mass is 416 g/mol. The minimum atomic E-state index is -0.669. The molecule has 2 aromatic rings. The normalized spacial score (nSPS) is 13.8. The third-order valence-corrected chi connectivity index (χ3v) is 5.04. The summed E-state index contributed by atoms with van der Waals surface area (Å²) in [6.45, 7) is 1.37. The zero-order valence-electron chi connectivity index (χ0n) is 16.8. The predicted molar refractivity (Wildman–Crippen MR) is 107 cm³/mol. The SMILES string of the molecule is COc1ccc(CC(=O)N2CCN(C(=O)c3cc(O)c(O)c(O)c3)CC2)cc1OC. The summed E-state index contributed by atoms with van der Waals surface area (Å²) in [5.74, 6) is -1.12. The Bertz CT molecular complexity index is 929. The van der Waals surface area contributed by atoms with Gasteiger partial charge >= 0.3 is 0 Å². The summed E-state index contributed by atoms with van der Waals surface area (Å²) >= 11 is 0. The van der Waals surface area contributed by atoms with Gasteiger partial charge in [0.05, 0.1) is 20.6 Å². The van der Waals surface area contributed by atoms with Crippen molar-refractivity contribution in [3.8, 4) is 28.7 Å². The number of ether oxygens (including phenoxy) is 2. The lowest BCUT2D eigenvalue weighted by Crippen LogP contribution is -2.51. The first kappa shape index (κ1) is 21.1. The van der Waals surface area contributed by atoms with Gasteiger partial charge in [-0.3, -0.25) is 9.59 Å². The van der Waals surface area contributed by atoms with Crippen LogP contribution in [0.5, 0.6) is 28.7 Å². The number of aromatic hydroxyl groups is 3. The molecule has 1 fully saturated rings. The molecule has 3 N–H and O–H groups in total. The Morgan fingerprint density at radius 2 is 1.43 bits per heavy atom. The Balaban J connectivity index is 1.60. The molecule has 30 heavy (non-hydrogen) atoms. The van der Waals surface area contributed by atoms with Crippen molar-refractivity contribution in [1.82, 2.24) is 9.80 Å². The molecule has 0 aromatic heterocycles. The Kier molecular flexibility index (Phi) is 6.20. The number of amides is 2. The minimum Gasteiger partial charge on any atom is -0.504 e. The molecule has 9 nitrogen and oxygen atoms in total. The van der Waals surface area contributed by atoms with E-state index in [2.05, 4.69) is 0 Å². The van der Waals surface area contributed by atoms with Gasteiger partial charge in [-0.25, -0.2) is 0 Å². The molecule has 1 aliphatic heterocycles. The molecule has 9 heteroatoms. The van der Waals surface area contributed by atoms with E-state index in [0.29, 0.717) is 37.7 Å². The topological polar surface area (TPSA) is 120 Å². The summed E-state index contributed by atoms with van der Waals surface area (Å²) in [5, 5.41) is 28.6. The molecule has 0 radical (unpaired) electrons. The average molecular weight is 416 g/mol. The van der Waals surface area contributed by atoms with Crippen LogP contribution in [0.4, 0.5) is 0 Å². The van der Waals surface area contributed by atoms with Gasteiger partial charge in [-0.05, 0) is 29.8 Å². The molecular formula is C21H24N2O7. The van der Waals surface area contributed by atoms with E-state index in [1.165, 1.54) is 12.0 Å². The summed E-state index contributed by atoms with van der Waals surface area (Å²) in [4.78, 5) is 28.5. The highest BCUT2D eigenvalue weighted by atomic mass is 16.5. The third-order valence-electron chi connectivity index (χ3n) is 5.04. The van der Waals surface area contributed by atoms with E-state index in [-0.39, 0.29) is 17.9 Å². The summed E-state index contributed by atoms with van der Waals surface area (Å²) in [7, 11) is 3.08. The maximum Gasteiger partial charge on any atom is 0.254 e. The molecule has 160 valence electrons. The van der Waals surface area contributed by atoms with E-state index in [1.54, 1.807) is 24.1 Å². The Hall–Kier alpha value is -3.62. The van der Waals surface area contributed by atoms with Crippen LogP contribution in [0.15, 0.2) is 30.3 Å². The van der Waals surface area contributed by atoms with Crippen molar-refractivity contribution in [3.05, 3.63) is 41.5 Å². The fraction of sp³-hybridized carbons (Fsp3) is 0.333. The standard InChI is InChI=1S/C21H24N2O7/c1-29-17-4-3-13(9-18(17)30-2)10-19(26)22-5-7-23(8-6-22)21(28)14-11-15(24)20(27)16(25)12-14/h3-4,9,11-12,24-25,27H,5-8,10H2,1-2H3. The largest absolute Gasteiger partial charge is 0.504 e. The first-order valence-corrected chi connectivity index (χ1v) is 9.37. The molecule has 1 saturated heterocycles. The fourth-order valence-corrected chi connectivity index (χ4v) is 3.35. The van der Waals surface area contributed by atoms with Crippen molar-refractivity contribution in [2.75, 3.05) is 40.4 Å². The van der Waals surface area contributed by atoms with E-state index < -0.39 is 23.2 Å². The second-order valence-corrected chi connectivity index (χ2v) is 6.90. The van der Waals surface area contributed by atoms with Crippen molar-refractivity contribution < 1.29 is 34.4 Å². The first-order chi connectivity index (χ1) is 14.3. The second-order valence-electron chi connectivity index (χ2n) is 6.90. The smallest absolute Gasteiger partial charge is 0.254 e. The van der Waals surface area contributed by atoms with Gasteiger partial charge in [0, 0.05) is 31.7 Å². The molecule has 2 amide bonds. The molecule has 0 atom stereocenters. The fourth-order valence-electron chi connectivity index (χ4n) is 3.35. The van der Waals surface area contributed by atoms with Crippen molar-refractivity contribution in [1.29, 1.82) is 0 Å². The van der Waals surface area contributed by atoms with Gasteiger partial charge in [0.2, 0.25) is 5.91 Å². The van der Waals surface area contributed by atoms with Crippen LogP contribution in [0.2, 0.25) is 0 Å². The number of carbonyl (C=O) groups excluding carboxylic acids is 2. The lowest BCUT2D eigenvalue weighted by Gasteiger charge is -2.35. The number of carbonyl (C=O) groups is 2. The number of benzene rings is 2. The number of nitrogens with zero attached hydrogens (tertiary/aromatic N) is 2. The van der Waals surface area contributed by atoms with Crippen LogP contribution in [0.3, 0.4) is 0 Å². The molecule has 0 unspecified atom stereocenters. The lowest BCUT2D eigenvalue weighted by atomic mass is 10.1. The van der Waals surface area contributed by atoms with E-state index in [1.807, 2.05) is 6.07 Å². The molecular weight excluding hydrogens is 392 g/mol. The van der Waals surface area contributed by atoms with E-state index in [0.717, 1.165) is 17.7 Å². The first-order valence-electron chi connectivity index (χ1n) is 9.37. The van der Waals surface area contributed by atoms with Gasteiger partial charge in [0.1, 0.15) is 0 Å². The van der Waals surface area contributed by atoms with Crippen molar-refractivity contribution in [2.24, 2.45) is 0 Å². The highest BCUT2D eigenvalue weighted by Crippen LogP contribution is 2.35. The van der Waals surface area contributed by atoms with Crippen LogP contribution in [-0.2, 0) is 11.2 Å². The summed E-state index contributed by atoms with van der Waals surface area (Å²) in [5.41, 5.74) is 0.860. The zero-order chi connectivity index (χ0) is 21.8. The van der Waals surface area contributed by atoms with Crippen molar-refractivity contribution in [3.63, 3.8) is 0 Å². The van der Waals surface area contributed by atoms with Gasteiger partial charge in [0.25, 0.3) is 5.91 Å². The zero-order valence-corrected chi connectivity index (χ0v) is 16.8. The summed E-state index contributed by atoms with van der Waals surface area (Å²) < 4.78 is 10.5. The van der Waals surface area contributed by atoms with E-state index in [4.69, 9.17) is 9.47 Å². The van der Waals surface area contributed by atoms with Crippen LogP contribution in [0, 0.1) is 0 Å². The van der Waals surface area contributed by atoms with Crippen LogP contribution in [-0.4, -0.2) is 77.3 Å². The van der Waals surface area contributed by atoms with Gasteiger partial charge < -0.3 is 34.6 Å². The summed E-state index contributed by atoms with van der Waals surface area (Å²) in [6.07, 6.45) is 0.202. The van der Waals surface area contributed by atoms with Crippen LogP contribution < -0.4 is 9.47 Å². The molecule has 3 rings (SSSR count). The van der Waals surface area contributed by atoms with Crippen LogP contribution >= 0.6 is 0 Å². The third kappa shape index (κ3) is 4.35. The molecule has 0 bridgehead atoms. The Morgan fingerprint density at radius 1 is 0.867 bits per heavy atom. The van der Waals surface area contributed by atoms with E-state index >= 15 is 0 Å². The van der Waals surface area contributed by atoms with Crippen molar-refractivity contribution in [2.45, 2.75) is 6.42 Å². The maximum absolute atomic E-state index is 12.7. The quantitative estimate of drug-likeness (QED) is 0.630. The molecule has 1 aliphatic rings. The number of hydrogen-bond acceptors (Lipinski definition) is 7. The Morgan fingerprint density at radius 3 is 2.00 bits per heavy atom. The second kappa shape index (κ2) is 8.81.